The van der Waals surface area contributed by atoms with E-state index >= 15 is 0 Å². The summed E-state index contributed by atoms with van der Waals surface area (Å²) in [6.07, 6.45) is 2.23. The van der Waals surface area contributed by atoms with Gasteiger partial charge in [0.05, 0.1) is 11.6 Å². The Morgan fingerprint density at radius 3 is 2.59 bits per heavy atom. The fraction of sp³-hybridized carbons (Fsp3) is 0.583. The second-order valence-electron chi connectivity index (χ2n) is 9.56. The molecule has 8 nitrogen and oxygen atoms in total. The van der Waals surface area contributed by atoms with Crippen LogP contribution in [0.1, 0.15) is 57.6 Å². The second kappa shape index (κ2) is 10.0. The molecular weight excluding hydrogens is 408 g/mol. The molecule has 1 N–H and O–H groups in total. The number of benzene rings is 1. The number of nitrogens with one attached hydrogen (secondary N) is 1. The van der Waals surface area contributed by atoms with Gasteiger partial charge in [-0.05, 0) is 63.6 Å². The summed E-state index contributed by atoms with van der Waals surface area (Å²) in [5, 5.41) is 11.8. The fourth-order valence-corrected chi connectivity index (χ4v) is 4.25. The summed E-state index contributed by atoms with van der Waals surface area (Å²) in [6.45, 7) is 7.50. The molecule has 3 amide bonds. The lowest BCUT2D eigenvalue weighted by Crippen LogP contribution is -2.51. The van der Waals surface area contributed by atoms with Crippen molar-refractivity contribution in [2.45, 2.75) is 64.6 Å². The molecule has 1 aromatic carbocycles. The molecule has 0 radical (unpaired) electrons. The summed E-state index contributed by atoms with van der Waals surface area (Å²) in [7, 11) is 0. The zero-order valence-corrected chi connectivity index (χ0v) is 19.1. The third-order valence-electron chi connectivity index (χ3n) is 5.81. The molecular formula is C24H32N4O4. The van der Waals surface area contributed by atoms with Gasteiger partial charge in [-0.2, -0.15) is 5.26 Å². The van der Waals surface area contributed by atoms with Gasteiger partial charge >= 0.3 is 6.09 Å². The van der Waals surface area contributed by atoms with Gasteiger partial charge < -0.3 is 19.9 Å². The number of nitriles is 1. The van der Waals surface area contributed by atoms with E-state index in [1.165, 1.54) is 0 Å². The Labute approximate surface area is 189 Å². The first kappa shape index (κ1) is 23.6. The fourth-order valence-electron chi connectivity index (χ4n) is 4.25. The van der Waals surface area contributed by atoms with Crippen molar-refractivity contribution < 1.29 is 19.1 Å². The van der Waals surface area contributed by atoms with Gasteiger partial charge in [-0.15, -0.1) is 0 Å². The maximum atomic E-state index is 13.3. The lowest BCUT2D eigenvalue weighted by molar-refractivity contribution is -0.143. The number of likely N-dealkylation sites (tertiary alicyclic amines) is 2. The quantitative estimate of drug-likeness (QED) is 0.758. The van der Waals surface area contributed by atoms with Crippen molar-refractivity contribution in [2.24, 2.45) is 5.92 Å². The SMILES string of the molecule is CC(C)(C)OC(=O)NC[C@@H]1CCCN(C(=O)[C@@H]2CCC(=O)N2Cc2ccc(C#N)cc2)C1. The van der Waals surface area contributed by atoms with E-state index < -0.39 is 17.7 Å². The number of hydrogen-bond donors (Lipinski definition) is 1. The molecule has 0 aromatic heterocycles. The summed E-state index contributed by atoms with van der Waals surface area (Å²) >= 11 is 0. The summed E-state index contributed by atoms with van der Waals surface area (Å²) in [5.74, 6) is 0.114. The maximum absolute atomic E-state index is 13.3. The number of ether oxygens (including phenoxy) is 1. The zero-order valence-electron chi connectivity index (χ0n) is 19.1. The molecule has 0 unspecified atom stereocenters. The first-order valence-corrected chi connectivity index (χ1v) is 11.2. The molecule has 0 spiro atoms. The molecule has 2 fully saturated rings. The van der Waals surface area contributed by atoms with Crippen LogP contribution in [0.3, 0.4) is 0 Å². The molecule has 1 aromatic rings. The minimum absolute atomic E-state index is 0.0205. The monoisotopic (exact) mass is 440 g/mol. The van der Waals surface area contributed by atoms with Crippen molar-refractivity contribution in [3.05, 3.63) is 35.4 Å². The van der Waals surface area contributed by atoms with Crippen molar-refractivity contribution in [1.82, 2.24) is 15.1 Å². The van der Waals surface area contributed by atoms with Crippen LogP contribution in [0.25, 0.3) is 0 Å². The van der Waals surface area contributed by atoms with Crippen molar-refractivity contribution in [3.8, 4) is 6.07 Å². The van der Waals surface area contributed by atoms with Gasteiger partial charge in [0.1, 0.15) is 11.6 Å². The molecule has 2 aliphatic heterocycles. The zero-order chi connectivity index (χ0) is 23.3. The summed E-state index contributed by atoms with van der Waals surface area (Å²) in [6, 6.07) is 8.71. The number of carbonyl (C=O) groups is 3. The predicted octanol–water partition coefficient (Wildman–Crippen LogP) is 2.81. The Morgan fingerprint density at radius 2 is 1.94 bits per heavy atom. The predicted molar refractivity (Wildman–Crippen MR) is 118 cm³/mol. The highest BCUT2D eigenvalue weighted by Gasteiger charge is 2.39. The number of hydrogen-bond acceptors (Lipinski definition) is 5. The van der Waals surface area contributed by atoms with Gasteiger partial charge in [-0.25, -0.2) is 4.79 Å². The van der Waals surface area contributed by atoms with Crippen LogP contribution in [0.5, 0.6) is 0 Å². The largest absolute Gasteiger partial charge is 0.444 e. The van der Waals surface area contributed by atoms with Crippen LogP contribution in [0, 0.1) is 17.2 Å². The standard InChI is InChI=1S/C24H32N4O4/c1-24(2,3)32-23(31)26-14-19-5-4-12-27(15-19)22(30)20-10-11-21(29)28(20)16-18-8-6-17(13-25)7-9-18/h6-9,19-20H,4-5,10-12,14-16H2,1-3H3,(H,26,31)/t19-,20-/m0/s1. The van der Waals surface area contributed by atoms with E-state index in [9.17, 15) is 14.4 Å². The molecule has 2 aliphatic rings. The molecule has 2 heterocycles. The Bertz CT molecular complexity index is 885. The second-order valence-corrected chi connectivity index (χ2v) is 9.56. The van der Waals surface area contributed by atoms with Gasteiger partial charge in [-0.1, -0.05) is 12.1 Å². The van der Waals surface area contributed by atoms with Crippen LogP contribution >= 0.6 is 0 Å². The highest BCUT2D eigenvalue weighted by atomic mass is 16.6. The minimum atomic E-state index is -0.550. The van der Waals surface area contributed by atoms with E-state index in [4.69, 9.17) is 10.00 Å². The van der Waals surface area contributed by atoms with Crippen LogP contribution in [0.4, 0.5) is 4.79 Å². The Hall–Kier alpha value is -3.08. The minimum Gasteiger partial charge on any atom is -0.444 e. The van der Waals surface area contributed by atoms with Crippen molar-refractivity contribution in [2.75, 3.05) is 19.6 Å². The Kier molecular flexibility index (Phi) is 7.39. The van der Waals surface area contributed by atoms with E-state index in [2.05, 4.69) is 11.4 Å². The molecule has 172 valence electrons. The van der Waals surface area contributed by atoms with Crippen molar-refractivity contribution >= 4 is 17.9 Å². The van der Waals surface area contributed by atoms with Crippen LogP contribution in [0.2, 0.25) is 0 Å². The number of alkyl carbamates (subject to hydrolysis) is 1. The first-order chi connectivity index (χ1) is 15.2. The number of rotatable bonds is 5. The Balaban J connectivity index is 1.58. The molecule has 2 saturated heterocycles. The average molecular weight is 441 g/mol. The lowest BCUT2D eigenvalue weighted by Gasteiger charge is -2.36. The smallest absolute Gasteiger partial charge is 0.407 e. The molecule has 2 atom stereocenters. The van der Waals surface area contributed by atoms with Crippen LogP contribution in [-0.4, -0.2) is 59.0 Å². The first-order valence-electron chi connectivity index (χ1n) is 11.2. The number of nitrogens with zero attached hydrogens (tertiary/aromatic N) is 3. The number of amides is 3. The summed E-state index contributed by atoms with van der Waals surface area (Å²) in [5.41, 5.74) is 0.912. The lowest BCUT2D eigenvalue weighted by atomic mass is 9.97. The summed E-state index contributed by atoms with van der Waals surface area (Å²) in [4.78, 5) is 41.2. The van der Waals surface area contributed by atoms with Gasteiger partial charge in [0.2, 0.25) is 11.8 Å². The molecule has 0 saturated carbocycles. The topological polar surface area (TPSA) is 103 Å². The number of piperidine rings is 1. The van der Waals surface area contributed by atoms with Crippen LogP contribution in [-0.2, 0) is 20.9 Å². The van der Waals surface area contributed by atoms with Crippen molar-refractivity contribution in [1.29, 1.82) is 5.26 Å². The maximum Gasteiger partial charge on any atom is 0.407 e. The van der Waals surface area contributed by atoms with Crippen LogP contribution < -0.4 is 5.32 Å². The van der Waals surface area contributed by atoms with E-state index in [0.29, 0.717) is 44.6 Å². The van der Waals surface area contributed by atoms with E-state index in [0.717, 1.165) is 18.4 Å². The Morgan fingerprint density at radius 1 is 1.22 bits per heavy atom. The number of carbonyl (C=O) groups excluding carboxylic acids is 3. The van der Waals surface area contributed by atoms with Gasteiger partial charge in [-0.3, -0.25) is 9.59 Å². The molecule has 8 heteroatoms. The molecule has 0 aliphatic carbocycles. The highest BCUT2D eigenvalue weighted by Crippen LogP contribution is 2.26. The third kappa shape index (κ3) is 6.22. The van der Waals surface area contributed by atoms with Gasteiger partial charge in [0.25, 0.3) is 0 Å². The van der Waals surface area contributed by atoms with E-state index in [1.54, 1.807) is 17.0 Å². The van der Waals surface area contributed by atoms with Gasteiger partial charge in [0, 0.05) is 32.6 Å². The average Bonchev–Trinajstić information content (AvgIpc) is 3.11. The van der Waals surface area contributed by atoms with E-state index in [1.807, 2.05) is 37.8 Å². The highest BCUT2D eigenvalue weighted by molar-refractivity contribution is 5.91. The third-order valence-corrected chi connectivity index (χ3v) is 5.81. The molecule has 32 heavy (non-hydrogen) atoms. The van der Waals surface area contributed by atoms with Crippen LogP contribution in [0.15, 0.2) is 24.3 Å². The molecule has 0 bridgehead atoms. The normalized spacial score (nSPS) is 21.2. The van der Waals surface area contributed by atoms with E-state index in [-0.39, 0.29) is 17.7 Å². The van der Waals surface area contributed by atoms with Gasteiger partial charge in [0.15, 0.2) is 0 Å². The summed E-state index contributed by atoms with van der Waals surface area (Å²) < 4.78 is 5.29. The van der Waals surface area contributed by atoms with Crippen molar-refractivity contribution in [3.63, 3.8) is 0 Å². The molecule has 3 rings (SSSR count).